The fourth-order valence-corrected chi connectivity index (χ4v) is 3.54. The molecule has 1 saturated heterocycles. The normalized spacial score (nSPS) is 17.1. The van der Waals surface area contributed by atoms with E-state index in [-0.39, 0.29) is 11.2 Å². The highest BCUT2D eigenvalue weighted by atomic mass is 19.1. The number of nitrogens with zero attached hydrogens (tertiary/aromatic N) is 1. The largest absolute Gasteiger partial charge is 0.444 e. The lowest BCUT2D eigenvalue weighted by molar-refractivity contribution is 0.0474. The van der Waals surface area contributed by atoms with Gasteiger partial charge in [0.25, 0.3) is 0 Å². The molecule has 1 aromatic rings. The van der Waals surface area contributed by atoms with Crippen LogP contribution in [0, 0.1) is 5.82 Å². The first-order valence-corrected chi connectivity index (χ1v) is 10.7. The van der Waals surface area contributed by atoms with E-state index in [1.54, 1.807) is 7.05 Å². The van der Waals surface area contributed by atoms with Gasteiger partial charge in [0.1, 0.15) is 11.4 Å². The fourth-order valence-electron chi connectivity index (χ4n) is 3.54. The van der Waals surface area contributed by atoms with Crippen LogP contribution in [0.25, 0.3) is 0 Å². The highest BCUT2D eigenvalue weighted by Crippen LogP contribution is 2.34. The molecule has 2 rings (SSSR count). The van der Waals surface area contributed by atoms with Gasteiger partial charge in [-0.05, 0) is 65.2 Å². The number of aliphatic imine (C=N–C) groups is 1. The van der Waals surface area contributed by atoms with Gasteiger partial charge in [-0.1, -0.05) is 12.1 Å². The Balaban J connectivity index is 1.96. The van der Waals surface area contributed by atoms with Crippen molar-refractivity contribution in [1.29, 1.82) is 0 Å². The number of carbonyl (C=O) groups is 1. The van der Waals surface area contributed by atoms with Crippen molar-refractivity contribution in [2.45, 2.75) is 64.0 Å². The van der Waals surface area contributed by atoms with Crippen molar-refractivity contribution in [2.75, 3.05) is 33.4 Å². The zero-order valence-electron chi connectivity index (χ0n) is 19.6. The second-order valence-corrected chi connectivity index (χ2v) is 9.69. The maximum atomic E-state index is 13.4. The Hall–Kier alpha value is -2.35. The van der Waals surface area contributed by atoms with Crippen LogP contribution in [0.4, 0.5) is 9.18 Å². The lowest BCUT2D eigenvalue weighted by atomic mass is 9.74. The third-order valence-corrected chi connectivity index (χ3v) is 5.26. The van der Waals surface area contributed by atoms with Crippen LogP contribution >= 0.6 is 0 Å². The summed E-state index contributed by atoms with van der Waals surface area (Å²) < 4.78 is 24.3. The van der Waals surface area contributed by atoms with E-state index in [4.69, 9.17) is 9.47 Å². The first-order valence-electron chi connectivity index (χ1n) is 10.7. The number of hydrogen-bond acceptors (Lipinski definition) is 4. The maximum absolute atomic E-state index is 13.4. The summed E-state index contributed by atoms with van der Waals surface area (Å²) in [5.74, 6) is 0.392. The molecular weight excluding hydrogens is 399 g/mol. The Morgan fingerprint density at radius 3 is 2.29 bits per heavy atom. The van der Waals surface area contributed by atoms with Gasteiger partial charge in [0, 0.05) is 38.8 Å². The topological polar surface area (TPSA) is 84.0 Å². The number of halogens is 1. The van der Waals surface area contributed by atoms with Crippen LogP contribution in [0.2, 0.25) is 0 Å². The summed E-state index contributed by atoms with van der Waals surface area (Å²) >= 11 is 0. The summed E-state index contributed by atoms with van der Waals surface area (Å²) in [4.78, 5) is 16.4. The number of hydrogen-bond donors (Lipinski definition) is 3. The van der Waals surface area contributed by atoms with Crippen molar-refractivity contribution >= 4 is 12.1 Å². The molecule has 0 atom stereocenters. The van der Waals surface area contributed by atoms with Gasteiger partial charge in [-0.3, -0.25) is 4.99 Å². The van der Waals surface area contributed by atoms with Crippen LogP contribution in [0.1, 0.15) is 53.0 Å². The molecule has 1 heterocycles. The zero-order valence-corrected chi connectivity index (χ0v) is 19.6. The van der Waals surface area contributed by atoms with Gasteiger partial charge in [-0.2, -0.15) is 0 Å². The van der Waals surface area contributed by atoms with Gasteiger partial charge >= 0.3 is 6.09 Å². The van der Waals surface area contributed by atoms with Gasteiger partial charge in [-0.15, -0.1) is 0 Å². The number of carbonyl (C=O) groups excluding carboxylic acids is 1. The molecule has 0 bridgehead atoms. The minimum Gasteiger partial charge on any atom is -0.444 e. The van der Waals surface area contributed by atoms with Crippen LogP contribution in [-0.2, 0) is 14.9 Å². The average Bonchev–Trinajstić information content (AvgIpc) is 2.67. The molecule has 1 aliphatic rings. The van der Waals surface area contributed by atoms with E-state index in [2.05, 4.69) is 20.9 Å². The van der Waals surface area contributed by atoms with Crippen molar-refractivity contribution in [3.05, 3.63) is 35.6 Å². The van der Waals surface area contributed by atoms with Crippen LogP contribution in [0.3, 0.4) is 0 Å². The van der Waals surface area contributed by atoms with Gasteiger partial charge in [0.05, 0.1) is 5.54 Å². The van der Waals surface area contributed by atoms with Crippen molar-refractivity contribution in [2.24, 2.45) is 4.99 Å². The fraction of sp³-hybridized carbons (Fsp3) is 0.652. The summed E-state index contributed by atoms with van der Waals surface area (Å²) in [5.41, 5.74) is -0.169. The van der Waals surface area contributed by atoms with E-state index in [9.17, 15) is 9.18 Å². The molecule has 0 unspecified atom stereocenters. The molecule has 7 nitrogen and oxygen atoms in total. The Morgan fingerprint density at radius 1 is 1.13 bits per heavy atom. The Kier molecular flexibility index (Phi) is 8.28. The molecule has 1 fully saturated rings. The smallest absolute Gasteiger partial charge is 0.408 e. The van der Waals surface area contributed by atoms with E-state index in [1.807, 2.05) is 46.8 Å². The highest BCUT2D eigenvalue weighted by molar-refractivity contribution is 5.80. The van der Waals surface area contributed by atoms with Crippen LogP contribution in [0.5, 0.6) is 0 Å². The molecule has 1 aromatic carbocycles. The number of alkyl carbamates (subject to hydrolysis) is 1. The molecular formula is C23H37FN4O3. The Labute approximate surface area is 185 Å². The van der Waals surface area contributed by atoms with E-state index >= 15 is 0 Å². The van der Waals surface area contributed by atoms with Crippen LogP contribution < -0.4 is 16.0 Å². The summed E-state index contributed by atoms with van der Waals surface area (Å²) in [6, 6.07) is 6.72. The number of nitrogens with one attached hydrogen (secondary N) is 3. The monoisotopic (exact) mass is 436 g/mol. The first-order chi connectivity index (χ1) is 14.4. The molecule has 0 aromatic heterocycles. The summed E-state index contributed by atoms with van der Waals surface area (Å²) in [5, 5.41) is 9.55. The highest BCUT2D eigenvalue weighted by Gasteiger charge is 2.35. The minimum absolute atomic E-state index is 0.159. The summed E-state index contributed by atoms with van der Waals surface area (Å²) in [6.45, 7) is 11.7. The molecule has 31 heavy (non-hydrogen) atoms. The van der Waals surface area contributed by atoms with Crippen molar-refractivity contribution < 1.29 is 18.7 Å². The number of guanidine groups is 1. The third-order valence-electron chi connectivity index (χ3n) is 5.26. The Morgan fingerprint density at radius 2 is 1.74 bits per heavy atom. The standard InChI is InChI=1S/C23H37FN4O3/c1-21(2,3)31-20(29)28-22(4,5)15-26-19(25-6)27-16-23(11-13-30-14-12-23)17-7-9-18(24)10-8-17/h7-10H,11-16H2,1-6H3,(H,28,29)(H2,25,26,27). The van der Waals surface area contributed by atoms with Gasteiger partial charge < -0.3 is 25.4 Å². The molecule has 3 N–H and O–H groups in total. The van der Waals surface area contributed by atoms with Crippen LogP contribution in [-0.4, -0.2) is 56.5 Å². The molecule has 8 heteroatoms. The third kappa shape index (κ3) is 8.01. The van der Waals surface area contributed by atoms with E-state index in [0.29, 0.717) is 32.3 Å². The maximum Gasteiger partial charge on any atom is 0.408 e. The second kappa shape index (κ2) is 10.3. The lowest BCUT2D eigenvalue weighted by Gasteiger charge is -2.38. The van der Waals surface area contributed by atoms with Gasteiger partial charge in [-0.25, -0.2) is 9.18 Å². The van der Waals surface area contributed by atoms with E-state index < -0.39 is 17.2 Å². The number of ether oxygens (including phenoxy) is 2. The predicted octanol–water partition coefficient (Wildman–Crippen LogP) is 3.34. The lowest BCUT2D eigenvalue weighted by Crippen LogP contribution is -2.55. The minimum atomic E-state index is -0.552. The zero-order chi connectivity index (χ0) is 23.1. The van der Waals surface area contributed by atoms with E-state index in [0.717, 1.165) is 18.4 Å². The summed E-state index contributed by atoms with van der Waals surface area (Å²) in [7, 11) is 1.71. The molecule has 0 saturated carbocycles. The van der Waals surface area contributed by atoms with Crippen LogP contribution in [0.15, 0.2) is 29.3 Å². The molecule has 174 valence electrons. The quantitative estimate of drug-likeness (QED) is 0.471. The van der Waals surface area contributed by atoms with Crippen molar-refractivity contribution in [3.8, 4) is 0 Å². The van der Waals surface area contributed by atoms with Crippen molar-refractivity contribution in [1.82, 2.24) is 16.0 Å². The number of benzene rings is 1. The average molecular weight is 437 g/mol. The molecule has 0 aliphatic carbocycles. The summed E-state index contributed by atoms with van der Waals surface area (Å²) in [6.07, 6.45) is 1.22. The Bertz CT molecular complexity index is 751. The van der Waals surface area contributed by atoms with Crippen molar-refractivity contribution in [3.63, 3.8) is 0 Å². The van der Waals surface area contributed by atoms with Gasteiger partial charge in [0.15, 0.2) is 5.96 Å². The molecule has 1 amide bonds. The number of rotatable bonds is 6. The number of amides is 1. The molecule has 1 aliphatic heterocycles. The molecule has 0 spiro atoms. The predicted molar refractivity (Wildman–Crippen MR) is 121 cm³/mol. The second-order valence-electron chi connectivity index (χ2n) is 9.69. The molecule has 0 radical (unpaired) electrons. The first kappa shape index (κ1) is 24.9. The van der Waals surface area contributed by atoms with E-state index in [1.165, 1.54) is 12.1 Å². The SMILES string of the molecule is CN=C(NCC(C)(C)NC(=O)OC(C)(C)C)NCC1(c2ccc(F)cc2)CCOCC1. The van der Waals surface area contributed by atoms with Gasteiger partial charge in [0.2, 0.25) is 0 Å².